The van der Waals surface area contributed by atoms with Crippen LogP contribution in [-0.2, 0) is 22.0 Å². The van der Waals surface area contributed by atoms with Crippen molar-refractivity contribution in [3.63, 3.8) is 0 Å². The van der Waals surface area contributed by atoms with Crippen LogP contribution >= 0.6 is 22.7 Å². The van der Waals surface area contributed by atoms with Gasteiger partial charge in [-0.2, -0.15) is 0 Å². The zero-order valence-corrected chi connectivity index (χ0v) is 14.8. The summed E-state index contributed by atoms with van der Waals surface area (Å²) in [6.45, 7) is 6.61. The van der Waals surface area contributed by atoms with Crippen LogP contribution in [-0.4, -0.2) is 15.0 Å². The molecule has 0 aromatic carbocycles. The van der Waals surface area contributed by atoms with Crippen molar-refractivity contribution in [2.45, 2.75) is 37.6 Å². The average Bonchev–Trinajstić information content (AvgIpc) is 3.06. The first-order valence-electron chi connectivity index (χ1n) is 6.59. The lowest BCUT2D eigenvalue weighted by Crippen LogP contribution is -2.36. The van der Waals surface area contributed by atoms with Gasteiger partial charge >= 0.3 is 0 Å². The fourth-order valence-corrected chi connectivity index (χ4v) is 5.57. The molecule has 2 aromatic heterocycles. The number of sulfonamides is 1. The minimum atomic E-state index is -3.49. The summed E-state index contributed by atoms with van der Waals surface area (Å²) in [4.78, 5) is 3.16. The minimum Gasteiger partial charge on any atom is -0.326 e. The Balaban J connectivity index is 2.16. The normalized spacial score (nSPS) is 12.8. The number of thiophene rings is 2. The van der Waals surface area contributed by atoms with E-state index in [1.165, 1.54) is 11.3 Å². The van der Waals surface area contributed by atoms with Crippen molar-refractivity contribution >= 4 is 32.7 Å². The van der Waals surface area contributed by atoms with Gasteiger partial charge in [0.25, 0.3) is 0 Å². The number of nitrogens with one attached hydrogen (secondary N) is 1. The number of aryl methyl sites for hydroxylation is 1. The topological polar surface area (TPSA) is 72.2 Å². The first kappa shape index (κ1) is 16.6. The molecule has 2 aromatic rings. The molecule has 0 saturated heterocycles. The van der Waals surface area contributed by atoms with Crippen LogP contribution < -0.4 is 10.5 Å². The molecule has 0 aliphatic heterocycles. The molecule has 0 atom stereocenters. The molecule has 0 aliphatic rings. The summed E-state index contributed by atoms with van der Waals surface area (Å²) >= 11 is 3.07. The van der Waals surface area contributed by atoms with Gasteiger partial charge in [-0.1, -0.05) is 19.9 Å². The maximum absolute atomic E-state index is 12.5. The van der Waals surface area contributed by atoms with Crippen molar-refractivity contribution in [3.8, 4) is 0 Å². The van der Waals surface area contributed by atoms with Crippen LogP contribution in [0.2, 0.25) is 0 Å². The molecule has 4 nitrogen and oxygen atoms in total. The first-order valence-corrected chi connectivity index (χ1v) is 9.77. The molecule has 0 amide bonds. The summed E-state index contributed by atoms with van der Waals surface area (Å²) < 4.78 is 27.6. The summed E-state index contributed by atoms with van der Waals surface area (Å²) in [5.41, 5.74) is 5.35. The van der Waals surface area contributed by atoms with Gasteiger partial charge in [0.2, 0.25) is 10.0 Å². The van der Waals surface area contributed by atoms with Crippen molar-refractivity contribution in [3.05, 3.63) is 38.2 Å². The third-order valence-corrected chi connectivity index (χ3v) is 7.27. The molecule has 0 spiro atoms. The second-order valence-electron chi connectivity index (χ2n) is 5.52. The first-order chi connectivity index (χ1) is 9.76. The molecule has 0 saturated carbocycles. The molecule has 0 aliphatic carbocycles. The van der Waals surface area contributed by atoms with E-state index in [4.69, 9.17) is 5.73 Å². The predicted molar refractivity (Wildman–Crippen MR) is 89.5 cm³/mol. The molecule has 0 radical (unpaired) electrons. The molecular weight excluding hydrogens is 324 g/mol. The van der Waals surface area contributed by atoms with Gasteiger partial charge in [-0.05, 0) is 24.4 Å². The minimum absolute atomic E-state index is 0.234. The van der Waals surface area contributed by atoms with Gasteiger partial charge in [-0.3, -0.25) is 0 Å². The summed E-state index contributed by atoms with van der Waals surface area (Å²) in [6.07, 6.45) is 0. The third-order valence-electron chi connectivity index (χ3n) is 3.31. The highest BCUT2D eigenvalue weighted by molar-refractivity contribution is 7.89. The van der Waals surface area contributed by atoms with Crippen LogP contribution in [0.25, 0.3) is 0 Å². The van der Waals surface area contributed by atoms with Gasteiger partial charge in [0, 0.05) is 33.1 Å². The lowest BCUT2D eigenvalue weighted by atomic mass is 9.92. The van der Waals surface area contributed by atoms with Crippen molar-refractivity contribution < 1.29 is 8.42 Å². The molecule has 0 unspecified atom stereocenters. The second-order valence-corrected chi connectivity index (χ2v) is 9.55. The molecule has 3 N–H and O–H groups in total. The van der Waals surface area contributed by atoms with E-state index >= 15 is 0 Å². The van der Waals surface area contributed by atoms with Gasteiger partial charge < -0.3 is 5.73 Å². The van der Waals surface area contributed by atoms with E-state index in [1.54, 1.807) is 17.4 Å². The van der Waals surface area contributed by atoms with E-state index in [-0.39, 0.29) is 5.41 Å². The van der Waals surface area contributed by atoms with Gasteiger partial charge in [0.15, 0.2) is 0 Å². The molecular formula is C14H20N2O2S3. The predicted octanol–water partition coefficient (Wildman–Crippen LogP) is 2.83. The second kappa shape index (κ2) is 6.18. The van der Waals surface area contributed by atoms with E-state index in [0.29, 0.717) is 18.0 Å². The molecule has 0 bridgehead atoms. The van der Waals surface area contributed by atoms with Gasteiger partial charge in [-0.25, -0.2) is 13.1 Å². The Morgan fingerprint density at radius 2 is 2.10 bits per heavy atom. The Bertz CT molecular complexity index is 701. The van der Waals surface area contributed by atoms with E-state index in [2.05, 4.69) is 4.72 Å². The SMILES string of the molecule is Cc1sc(CN)cc1S(=O)(=O)NCC(C)(C)c1cccs1. The molecule has 21 heavy (non-hydrogen) atoms. The Labute approximate surface area is 134 Å². The van der Waals surface area contributed by atoms with Crippen LogP contribution in [0.3, 0.4) is 0 Å². The number of rotatable bonds is 6. The van der Waals surface area contributed by atoms with Crippen LogP contribution in [0.15, 0.2) is 28.5 Å². The summed E-state index contributed by atoms with van der Waals surface area (Å²) in [7, 11) is -3.49. The van der Waals surface area contributed by atoms with Crippen LogP contribution in [0.5, 0.6) is 0 Å². The summed E-state index contributed by atoms with van der Waals surface area (Å²) in [6, 6.07) is 5.68. The summed E-state index contributed by atoms with van der Waals surface area (Å²) in [5, 5.41) is 2.00. The smallest absolute Gasteiger partial charge is 0.241 e. The highest BCUT2D eigenvalue weighted by Crippen LogP contribution is 2.29. The Morgan fingerprint density at radius 3 is 2.62 bits per heavy atom. The van der Waals surface area contributed by atoms with Gasteiger partial charge in [0.05, 0.1) is 4.90 Å². The molecule has 116 valence electrons. The quantitative estimate of drug-likeness (QED) is 0.846. The number of hydrogen-bond donors (Lipinski definition) is 2. The highest BCUT2D eigenvalue weighted by Gasteiger charge is 2.26. The lowest BCUT2D eigenvalue weighted by molar-refractivity contribution is 0.509. The van der Waals surface area contributed by atoms with Crippen LogP contribution in [0, 0.1) is 6.92 Å². The standard InChI is InChI=1S/C14H20N2O2S3/c1-10-12(7-11(8-15)20-10)21(17,18)16-9-14(2,3)13-5-4-6-19-13/h4-7,16H,8-9,15H2,1-3H3. The average molecular weight is 345 g/mol. The van der Waals surface area contributed by atoms with Crippen LogP contribution in [0.1, 0.15) is 28.5 Å². The fraction of sp³-hybridized carbons (Fsp3) is 0.429. The largest absolute Gasteiger partial charge is 0.326 e. The Morgan fingerprint density at radius 1 is 1.38 bits per heavy atom. The van der Waals surface area contributed by atoms with E-state index in [9.17, 15) is 8.42 Å². The van der Waals surface area contributed by atoms with Gasteiger partial charge in [-0.15, -0.1) is 22.7 Å². The zero-order chi connectivity index (χ0) is 15.7. The summed E-state index contributed by atoms with van der Waals surface area (Å²) in [5.74, 6) is 0. The maximum Gasteiger partial charge on any atom is 0.241 e. The monoisotopic (exact) mass is 344 g/mol. The lowest BCUT2D eigenvalue weighted by Gasteiger charge is -2.23. The molecule has 2 heterocycles. The van der Waals surface area contributed by atoms with E-state index in [1.807, 2.05) is 38.3 Å². The fourth-order valence-electron chi connectivity index (χ4n) is 2.00. The highest BCUT2D eigenvalue weighted by atomic mass is 32.2. The Hall–Kier alpha value is -0.730. The Kier molecular flexibility index (Phi) is 4.89. The number of nitrogens with two attached hydrogens (primary N) is 1. The molecule has 0 fully saturated rings. The van der Waals surface area contributed by atoms with E-state index in [0.717, 1.165) is 14.6 Å². The van der Waals surface area contributed by atoms with Crippen molar-refractivity contribution in [2.24, 2.45) is 5.73 Å². The maximum atomic E-state index is 12.5. The molecule has 2 rings (SSSR count). The third kappa shape index (κ3) is 3.73. The van der Waals surface area contributed by atoms with Crippen molar-refractivity contribution in [1.82, 2.24) is 4.72 Å². The molecule has 7 heteroatoms. The van der Waals surface area contributed by atoms with Crippen molar-refractivity contribution in [1.29, 1.82) is 0 Å². The van der Waals surface area contributed by atoms with Gasteiger partial charge in [0.1, 0.15) is 0 Å². The number of hydrogen-bond acceptors (Lipinski definition) is 5. The van der Waals surface area contributed by atoms with Crippen molar-refractivity contribution in [2.75, 3.05) is 6.54 Å². The van der Waals surface area contributed by atoms with Crippen LogP contribution in [0.4, 0.5) is 0 Å². The zero-order valence-electron chi connectivity index (χ0n) is 12.3. The van der Waals surface area contributed by atoms with E-state index < -0.39 is 10.0 Å².